The standard InChI is InChI=1S/C12H16BrN3/c1-4-12(2,3)16-10-7-8(13)5-6-9(10)15-11(16)14/h5-7H,4H2,1-3H3,(H2,14,15). The topological polar surface area (TPSA) is 43.8 Å². The Labute approximate surface area is 104 Å². The van der Waals surface area contributed by atoms with Crippen molar-refractivity contribution in [3.05, 3.63) is 22.7 Å². The molecule has 0 spiro atoms. The number of rotatable bonds is 2. The Kier molecular flexibility index (Phi) is 2.70. The minimum Gasteiger partial charge on any atom is -0.369 e. The monoisotopic (exact) mass is 281 g/mol. The number of benzene rings is 1. The van der Waals surface area contributed by atoms with E-state index in [1.807, 2.05) is 12.1 Å². The van der Waals surface area contributed by atoms with Crippen LogP contribution in [0.4, 0.5) is 5.95 Å². The van der Waals surface area contributed by atoms with Gasteiger partial charge in [-0.1, -0.05) is 22.9 Å². The average Bonchev–Trinajstić information content (AvgIpc) is 2.54. The molecule has 2 N–H and O–H groups in total. The van der Waals surface area contributed by atoms with Crippen molar-refractivity contribution in [2.24, 2.45) is 0 Å². The lowest BCUT2D eigenvalue weighted by molar-refractivity contribution is 0.357. The average molecular weight is 282 g/mol. The smallest absolute Gasteiger partial charge is 0.201 e. The summed E-state index contributed by atoms with van der Waals surface area (Å²) >= 11 is 3.48. The van der Waals surface area contributed by atoms with Crippen LogP contribution in [0.1, 0.15) is 27.2 Å². The van der Waals surface area contributed by atoms with Crippen LogP contribution in [-0.4, -0.2) is 9.55 Å². The number of nitrogens with zero attached hydrogens (tertiary/aromatic N) is 2. The van der Waals surface area contributed by atoms with Crippen molar-refractivity contribution in [3.8, 4) is 0 Å². The SMILES string of the molecule is CCC(C)(C)n1c(N)nc2ccc(Br)cc21. The zero-order chi connectivity index (χ0) is 11.9. The Hall–Kier alpha value is -1.03. The van der Waals surface area contributed by atoms with Gasteiger partial charge >= 0.3 is 0 Å². The second-order valence-corrected chi connectivity index (χ2v) is 5.52. The molecular weight excluding hydrogens is 266 g/mol. The van der Waals surface area contributed by atoms with Gasteiger partial charge in [-0.15, -0.1) is 0 Å². The van der Waals surface area contributed by atoms with Crippen LogP contribution in [0.5, 0.6) is 0 Å². The van der Waals surface area contributed by atoms with Crippen LogP contribution in [-0.2, 0) is 5.54 Å². The molecule has 0 aliphatic rings. The van der Waals surface area contributed by atoms with E-state index in [9.17, 15) is 0 Å². The first-order chi connectivity index (χ1) is 7.45. The van der Waals surface area contributed by atoms with Crippen LogP contribution in [0.25, 0.3) is 11.0 Å². The number of nitrogens with two attached hydrogens (primary N) is 1. The first-order valence-electron chi connectivity index (χ1n) is 5.39. The molecule has 0 amide bonds. The molecule has 2 rings (SSSR count). The van der Waals surface area contributed by atoms with Crippen molar-refractivity contribution < 1.29 is 0 Å². The zero-order valence-electron chi connectivity index (χ0n) is 9.79. The molecular formula is C12H16BrN3. The van der Waals surface area contributed by atoms with Crippen LogP contribution in [0, 0.1) is 0 Å². The van der Waals surface area contributed by atoms with Crippen LogP contribution >= 0.6 is 15.9 Å². The Balaban J connectivity index is 2.77. The maximum atomic E-state index is 6.00. The summed E-state index contributed by atoms with van der Waals surface area (Å²) in [5.74, 6) is 0.583. The third-order valence-electron chi connectivity index (χ3n) is 3.11. The Morgan fingerprint density at radius 2 is 2.12 bits per heavy atom. The largest absolute Gasteiger partial charge is 0.369 e. The maximum Gasteiger partial charge on any atom is 0.201 e. The van der Waals surface area contributed by atoms with Gasteiger partial charge in [-0.3, -0.25) is 0 Å². The van der Waals surface area contributed by atoms with E-state index < -0.39 is 0 Å². The van der Waals surface area contributed by atoms with E-state index in [-0.39, 0.29) is 5.54 Å². The van der Waals surface area contributed by atoms with Crippen molar-refractivity contribution >= 4 is 32.9 Å². The molecule has 86 valence electrons. The lowest BCUT2D eigenvalue weighted by Gasteiger charge is -2.26. The van der Waals surface area contributed by atoms with Gasteiger partial charge in [0.25, 0.3) is 0 Å². The molecule has 4 heteroatoms. The summed E-state index contributed by atoms with van der Waals surface area (Å²) in [6, 6.07) is 6.03. The van der Waals surface area contributed by atoms with Gasteiger partial charge in [0.2, 0.25) is 5.95 Å². The number of hydrogen-bond donors (Lipinski definition) is 1. The van der Waals surface area contributed by atoms with E-state index in [0.29, 0.717) is 5.95 Å². The molecule has 0 unspecified atom stereocenters. The van der Waals surface area contributed by atoms with Crippen molar-refractivity contribution in [3.63, 3.8) is 0 Å². The van der Waals surface area contributed by atoms with Gasteiger partial charge in [0.1, 0.15) is 0 Å². The highest BCUT2D eigenvalue weighted by Crippen LogP contribution is 2.30. The summed E-state index contributed by atoms with van der Waals surface area (Å²) in [4.78, 5) is 4.39. The van der Waals surface area contributed by atoms with Crippen molar-refractivity contribution in [1.82, 2.24) is 9.55 Å². The molecule has 0 aliphatic carbocycles. The normalized spacial score (nSPS) is 12.2. The summed E-state index contributed by atoms with van der Waals surface area (Å²) in [5, 5.41) is 0. The summed E-state index contributed by atoms with van der Waals surface area (Å²) in [6.07, 6.45) is 1.01. The molecule has 1 aromatic carbocycles. The third kappa shape index (κ3) is 1.71. The van der Waals surface area contributed by atoms with Gasteiger partial charge in [0.15, 0.2) is 0 Å². The van der Waals surface area contributed by atoms with E-state index in [1.165, 1.54) is 0 Å². The van der Waals surface area contributed by atoms with Crippen LogP contribution < -0.4 is 5.73 Å². The quantitative estimate of drug-likeness (QED) is 0.915. The highest BCUT2D eigenvalue weighted by Gasteiger charge is 2.23. The van der Waals surface area contributed by atoms with E-state index >= 15 is 0 Å². The fourth-order valence-corrected chi connectivity index (χ4v) is 2.21. The molecule has 3 nitrogen and oxygen atoms in total. The molecule has 1 aromatic heterocycles. The molecule has 0 bridgehead atoms. The van der Waals surface area contributed by atoms with Gasteiger partial charge in [0.05, 0.1) is 11.0 Å². The number of halogens is 1. The fraction of sp³-hybridized carbons (Fsp3) is 0.417. The summed E-state index contributed by atoms with van der Waals surface area (Å²) in [5.41, 5.74) is 8.02. The third-order valence-corrected chi connectivity index (χ3v) is 3.61. The predicted molar refractivity (Wildman–Crippen MR) is 71.5 cm³/mol. The van der Waals surface area contributed by atoms with E-state index in [1.54, 1.807) is 0 Å². The highest BCUT2D eigenvalue weighted by molar-refractivity contribution is 9.10. The van der Waals surface area contributed by atoms with E-state index in [0.717, 1.165) is 21.9 Å². The number of aromatic nitrogens is 2. The van der Waals surface area contributed by atoms with Crippen LogP contribution in [0.2, 0.25) is 0 Å². The Morgan fingerprint density at radius 3 is 2.75 bits per heavy atom. The van der Waals surface area contributed by atoms with Crippen molar-refractivity contribution in [1.29, 1.82) is 0 Å². The molecule has 2 aromatic rings. The lowest BCUT2D eigenvalue weighted by atomic mass is 10.0. The molecule has 0 saturated heterocycles. The van der Waals surface area contributed by atoms with Gasteiger partial charge in [-0.05, 0) is 38.5 Å². The van der Waals surface area contributed by atoms with Gasteiger partial charge < -0.3 is 10.3 Å². The summed E-state index contributed by atoms with van der Waals surface area (Å²) < 4.78 is 3.15. The van der Waals surface area contributed by atoms with E-state index in [2.05, 4.69) is 52.3 Å². The highest BCUT2D eigenvalue weighted by atomic mass is 79.9. The minimum atomic E-state index is -0.0143. The number of anilines is 1. The molecule has 0 radical (unpaired) electrons. The second kappa shape index (κ2) is 3.77. The molecule has 0 fully saturated rings. The second-order valence-electron chi connectivity index (χ2n) is 4.60. The number of hydrogen-bond acceptors (Lipinski definition) is 2. The molecule has 1 heterocycles. The first kappa shape index (κ1) is 11.5. The number of fused-ring (bicyclic) bond motifs is 1. The minimum absolute atomic E-state index is 0.0143. The summed E-state index contributed by atoms with van der Waals surface area (Å²) in [6.45, 7) is 6.50. The molecule has 0 aliphatic heterocycles. The van der Waals surface area contributed by atoms with Gasteiger partial charge in [0, 0.05) is 10.0 Å². The Bertz CT molecular complexity index is 528. The number of nitrogen functional groups attached to an aromatic ring is 1. The summed E-state index contributed by atoms with van der Waals surface area (Å²) in [7, 11) is 0. The molecule has 16 heavy (non-hydrogen) atoms. The predicted octanol–water partition coefficient (Wildman–Crippen LogP) is 3.53. The first-order valence-corrected chi connectivity index (χ1v) is 6.19. The number of imidazole rings is 1. The van der Waals surface area contributed by atoms with Gasteiger partial charge in [-0.2, -0.15) is 0 Å². The molecule has 0 saturated carbocycles. The van der Waals surface area contributed by atoms with Crippen LogP contribution in [0.15, 0.2) is 22.7 Å². The van der Waals surface area contributed by atoms with Crippen molar-refractivity contribution in [2.75, 3.05) is 5.73 Å². The van der Waals surface area contributed by atoms with Crippen LogP contribution in [0.3, 0.4) is 0 Å². The zero-order valence-corrected chi connectivity index (χ0v) is 11.4. The fourth-order valence-electron chi connectivity index (χ4n) is 1.86. The van der Waals surface area contributed by atoms with E-state index in [4.69, 9.17) is 5.73 Å². The Morgan fingerprint density at radius 1 is 1.44 bits per heavy atom. The van der Waals surface area contributed by atoms with Crippen molar-refractivity contribution in [2.45, 2.75) is 32.7 Å². The maximum absolute atomic E-state index is 6.00. The molecule has 0 atom stereocenters. The van der Waals surface area contributed by atoms with Gasteiger partial charge in [-0.25, -0.2) is 4.98 Å². The lowest BCUT2D eigenvalue weighted by Crippen LogP contribution is -2.26.